The number of hydrogen-bond donors (Lipinski definition) is 1. The minimum Gasteiger partial charge on any atom is -0.302 e. The van der Waals surface area contributed by atoms with Gasteiger partial charge in [0.05, 0.1) is 6.04 Å². The van der Waals surface area contributed by atoms with E-state index in [2.05, 4.69) is 40.1 Å². The van der Waals surface area contributed by atoms with Crippen molar-refractivity contribution >= 4 is 38.9 Å². The van der Waals surface area contributed by atoms with Gasteiger partial charge < -0.3 is 5.32 Å². The summed E-state index contributed by atoms with van der Waals surface area (Å²) >= 11 is 11.2. The Bertz CT molecular complexity index is 514. The van der Waals surface area contributed by atoms with Crippen LogP contribution in [0.5, 0.6) is 0 Å². The van der Waals surface area contributed by atoms with Crippen molar-refractivity contribution < 1.29 is 0 Å². The summed E-state index contributed by atoms with van der Waals surface area (Å²) in [7, 11) is 0. The summed E-state index contributed by atoms with van der Waals surface area (Å²) in [5, 5.41) is 7.32. The third-order valence-electron chi connectivity index (χ3n) is 2.47. The normalized spacial score (nSPS) is 12.9. The fraction of sp³-hybridized carbons (Fsp3) is 0.308. The van der Waals surface area contributed by atoms with E-state index in [0.717, 1.165) is 20.1 Å². The van der Waals surface area contributed by atoms with E-state index in [9.17, 15) is 0 Å². The highest BCUT2D eigenvalue weighted by atomic mass is 79.9. The molecule has 1 heterocycles. The van der Waals surface area contributed by atoms with Crippen molar-refractivity contribution in [3.63, 3.8) is 0 Å². The van der Waals surface area contributed by atoms with E-state index in [4.69, 9.17) is 11.6 Å². The number of nitrogens with one attached hydrogen (secondary N) is 1. The van der Waals surface area contributed by atoms with Gasteiger partial charge in [0.1, 0.15) is 5.01 Å². The highest BCUT2D eigenvalue weighted by Crippen LogP contribution is 2.31. The van der Waals surface area contributed by atoms with Crippen LogP contribution >= 0.6 is 38.9 Å². The Hall–Kier alpha value is -0.420. The zero-order valence-electron chi connectivity index (χ0n) is 10.2. The van der Waals surface area contributed by atoms with Crippen molar-refractivity contribution in [3.8, 4) is 0 Å². The molecule has 1 aromatic carbocycles. The molecule has 0 radical (unpaired) electrons. The summed E-state index contributed by atoms with van der Waals surface area (Å²) in [5.74, 6) is 0. The minimum absolute atomic E-state index is 0.0941. The molecule has 0 bridgehead atoms. The second kappa shape index (κ2) is 6.15. The number of hydrogen-bond acceptors (Lipinski definition) is 3. The van der Waals surface area contributed by atoms with E-state index in [0.29, 0.717) is 6.04 Å². The summed E-state index contributed by atoms with van der Waals surface area (Å²) in [4.78, 5) is 4.41. The Morgan fingerprint density at radius 3 is 2.72 bits per heavy atom. The molecule has 0 saturated heterocycles. The third-order valence-corrected chi connectivity index (χ3v) is 4.23. The predicted octanol–water partition coefficient (Wildman–Crippen LogP) is 4.65. The van der Waals surface area contributed by atoms with Gasteiger partial charge in [-0.2, -0.15) is 0 Å². The van der Waals surface area contributed by atoms with Crippen molar-refractivity contribution in [2.45, 2.75) is 25.9 Å². The van der Waals surface area contributed by atoms with Gasteiger partial charge in [0.25, 0.3) is 0 Å². The molecule has 2 aromatic rings. The van der Waals surface area contributed by atoms with Gasteiger partial charge in [-0.15, -0.1) is 11.3 Å². The molecule has 0 spiro atoms. The van der Waals surface area contributed by atoms with Crippen molar-refractivity contribution in [1.82, 2.24) is 10.3 Å². The lowest BCUT2D eigenvalue weighted by atomic mass is 10.1. The van der Waals surface area contributed by atoms with Crippen molar-refractivity contribution in [2.24, 2.45) is 0 Å². The van der Waals surface area contributed by atoms with E-state index in [1.165, 1.54) is 0 Å². The lowest BCUT2D eigenvalue weighted by Crippen LogP contribution is -2.29. The second-order valence-electron chi connectivity index (χ2n) is 4.29. The van der Waals surface area contributed by atoms with Crippen LogP contribution in [0.4, 0.5) is 0 Å². The SMILES string of the molecule is CC(C)NC(c1nccs1)c1ccc(Cl)cc1Br. The highest BCUT2D eigenvalue weighted by Gasteiger charge is 2.19. The van der Waals surface area contributed by atoms with E-state index < -0.39 is 0 Å². The van der Waals surface area contributed by atoms with Crippen molar-refractivity contribution in [1.29, 1.82) is 0 Å². The lowest BCUT2D eigenvalue weighted by Gasteiger charge is -2.21. The van der Waals surface area contributed by atoms with Gasteiger partial charge in [0, 0.05) is 27.1 Å². The molecule has 1 unspecified atom stereocenters. The Labute approximate surface area is 125 Å². The van der Waals surface area contributed by atoms with E-state index in [1.54, 1.807) is 11.3 Å². The maximum absolute atomic E-state index is 5.99. The Morgan fingerprint density at radius 1 is 1.39 bits per heavy atom. The van der Waals surface area contributed by atoms with Crippen LogP contribution in [0.1, 0.15) is 30.5 Å². The maximum atomic E-state index is 5.99. The van der Waals surface area contributed by atoms with Crippen LogP contribution in [0.25, 0.3) is 0 Å². The lowest BCUT2D eigenvalue weighted by molar-refractivity contribution is 0.526. The van der Waals surface area contributed by atoms with Crippen LogP contribution < -0.4 is 5.32 Å². The predicted molar refractivity (Wildman–Crippen MR) is 81.4 cm³/mol. The summed E-state index contributed by atoms with van der Waals surface area (Å²) in [6, 6.07) is 6.33. The molecule has 0 aliphatic carbocycles. The smallest absolute Gasteiger partial charge is 0.114 e. The van der Waals surface area contributed by atoms with E-state index >= 15 is 0 Å². The van der Waals surface area contributed by atoms with Gasteiger partial charge in [-0.05, 0) is 31.5 Å². The van der Waals surface area contributed by atoms with Gasteiger partial charge in [0.15, 0.2) is 0 Å². The number of benzene rings is 1. The summed E-state index contributed by atoms with van der Waals surface area (Å²) in [6.45, 7) is 4.26. The average molecular weight is 346 g/mol. The van der Waals surface area contributed by atoms with Crippen molar-refractivity contribution in [3.05, 3.63) is 49.8 Å². The molecular formula is C13H14BrClN2S. The zero-order chi connectivity index (χ0) is 13.1. The van der Waals surface area contributed by atoms with Crippen LogP contribution in [0.15, 0.2) is 34.2 Å². The third kappa shape index (κ3) is 3.32. The van der Waals surface area contributed by atoms with Crippen LogP contribution in [0.3, 0.4) is 0 Å². The van der Waals surface area contributed by atoms with Gasteiger partial charge in [-0.3, -0.25) is 0 Å². The molecule has 0 saturated carbocycles. The fourth-order valence-electron chi connectivity index (χ4n) is 1.74. The average Bonchev–Trinajstić information content (AvgIpc) is 2.79. The topological polar surface area (TPSA) is 24.9 Å². The Balaban J connectivity index is 2.40. The summed E-state index contributed by atoms with van der Waals surface area (Å²) < 4.78 is 1.00. The van der Waals surface area contributed by atoms with Crippen LogP contribution in [0, 0.1) is 0 Å². The van der Waals surface area contributed by atoms with Crippen LogP contribution in [-0.2, 0) is 0 Å². The summed E-state index contributed by atoms with van der Waals surface area (Å²) in [5.41, 5.74) is 1.16. The minimum atomic E-state index is 0.0941. The van der Waals surface area contributed by atoms with E-state index in [-0.39, 0.29) is 6.04 Å². The zero-order valence-corrected chi connectivity index (χ0v) is 13.3. The highest BCUT2D eigenvalue weighted by molar-refractivity contribution is 9.10. The Kier molecular flexibility index (Phi) is 4.78. The number of thiazole rings is 1. The molecule has 18 heavy (non-hydrogen) atoms. The number of halogens is 2. The van der Waals surface area contributed by atoms with Crippen LogP contribution in [-0.4, -0.2) is 11.0 Å². The number of aromatic nitrogens is 1. The van der Waals surface area contributed by atoms with Gasteiger partial charge in [-0.1, -0.05) is 33.6 Å². The second-order valence-corrected chi connectivity index (χ2v) is 6.51. The molecule has 1 N–H and O–H groups in total. The molecular weight excluding hydrogens is 332 g/mol. The number of rotatable bonds is 4. The maximum Gasteiger partial charge on any atom is 0.114 e. The first-order chi connectivity index (χ1) is 8.58. The first kappa shape index (κ1) is 14.0. The molecule has 1 atom stereocenters. The quantitative estimate of drug-likeness (QED) is 0.872. The summed E-state index contributed by atoms with van der Waals surface area (Å²) in [6.07, 6.45) is 1.83. The van der Waals surface area contributed by atoms with Gasteiger partial charge in [0.2, 0.25) is 0 Å². The molecule has 0 amide bonds. The molecule has 5 heteroatoms. The molecule has 2 nitrogen and oxygen atoms in total. The monoisotopic (exact) mass is 344 g/mol. The molecule has 0 fully saturated rings. The Morgan fingerprint density at radius 2 is 2.17 bits per heavy atom. The fourth-order valence-corrected chi connectivity index (χ4v) is 3.37. The first-order valence-electron chi connectivity index (χ1n) is 5.68. The number of nitrogens with zero attached hydrogens (tertiary/aromatic N) is 1. The first-order valence-corrected chi connectivity index (χ1v) is 7.73. The molecule has 0 aliphatic rings. The molecule has 1 aromatic heterocycles. The van der Waals surface area contributed by atoms with Gasteiger partial charge in [-0.25, -0.2) is 4.98 Å². The van der Waals surface area contributed by atoms with E-state index in [1.807, 2.05) is 29.8 Å². The largest absolute Gasteiger partial charge is 0.302 e. The van der Waals surface area contributed by atoms with Crippen LogP contribution in [0.2, 0.25) is 5.02 Å². The standard InChI is InChI=1S/C13H14BrClN2S/c1-8(2)17-12(13-16-5-6-18-13)10-4-3-9(15)7-11(10)14/h3-8,12,17H,1-2H3. The van der Waals surface area contributed by atoms with Crippen molar-refractivity contribution in [2.75, 3.05) is 0 Å². The molecule has 0 aliphatic heterocycles. The molecule has 2 rings (SSSR count). The van der Waals surface area contributed by atoms with Gasteiger partial charge >= 0.3 is 0 Å². The molecule has 96 valence electrons.